The van der Waals surface area contributed by atoms with Crippen LogP contribution in [0, 0.1) is 5.92 Å². The number of benzene rings is 1. The lowest BCUT2D eigenvalue weighted by Crippen LogP contribution is -2.38. The van der Waals surface area contributed by atoms with Gasteiger partial charge in [-0.05, 0) is 49.8 Å². The summed E-state index contributed by atoms with van der Waals surface area (Å²) >= 11 is 0. The molecule has 0 spiro atoms. The Morgan fingerprint density at radius 3 is 2.70 bits per heavy atom. The molecule has 0 heterocycles. The van der Waals surface area contributed by atoms with E-state index in [0.717, 1.165) is 48.5 Å². The number of hydrogen-bond acceptors (Lipinski definition) is 3. The van der Waals surface area contributed by atoms with Crippen molar-refractivity contribution in [3.8, 4) is 11.5 Å². The second kappa shape index (κ2) is 9.28. The van der Waals surface area contributed by atoms with Crippen LogP contribution < -0.4 is 20.1 Å². The largest absolute Gasteiger partial charge is 0.493 e. The summed E-state index contributed by atoms with van der Waals surface area (Å²) in [6, 6.07) is 6.00. The Morgan fingerprint density at radius 1 is 1.22 bits per heavy atom. The molecule has 5 nitrogen and oxygen atoms in total. The third-order valence-corrected chi connectivity index (χ3v) is 3.71. The quantitative estimate of drug-likeness (QED) is 0.543. The highest BCUT2D eigenvalue weighted by Gasteiger charge is 2.21. The number of nitrogens with zero attached hydrogens (tertiary/aromatic N) is 1. The van der Waals surface area contributed by atoms with Crippen LogP contribution >= 0.6 is 0 Å². The Kier molecular flexibility index (Phi) is 7.04. The van der Waals surface area contributed by atoms with Gasteiger partial charge in [0.05, 0.1) is 20.3 Å². The molecule has 2 N–H and O–H groups in total. The lowest BCUT2D eigenvalue weighted by atomic mass is 10.2. The summed E-state index contributed by atoms with van der Waals surface area (Å²) in [5, 5.41) is 6.69. The van der Waals surface area contributed by atoms with E-state index < -0.39 is 0 Å². The van der Waals surface area contributed by atoms with Crippen molar-refractivity contribution < 1.29 is 9.47 Å². The molecule has 1 aromatic carbocycles. The SMILES string of the molecule is CCCOc1ccc(CN=C(NCC)NCC2CC2)cc1OC. The Balaban J connectivity index is 1.97. The van der Waals surface area contributed by atoms with Crippen molar-refractivity contribution in [3.05, 3.63) is 23.8 Å². The lowest BCUT2D eigenvalue weighted by molar-refractivity contribution is 0.294. The second-order valence-corrected chi connectivity index (χ2v) is 5.85. The Bertz CT molecular complexity index is 513. The molecule has 0 saturated heterocycles. The number of methoxy groups -OCH3 is 1. The minimum Gasteiger partial charge on any atom is -0.493 e. The fourth-order valence-corrected chi connectivity index (χ4v) is 2.22. The van der Waals surface area contributed by atoms with Crippen molar-refractivity contribution >= 4 is 5.96 Å². The fraction of sp³-hybridized carbons (Fsp3) is 0.611. The summed E-state index contributed by atoms with van der Waals surface area (Å²) in [5.74, 6) is 3.27. The van der Waals surface area contributed by atoms with E-state index in [1.165, 1.54) is 12.8 Å². The summed E-state index contributed by atoms with van der Waals surface area (Å²) in [6.07, 6.45) is 3.65. The van der Waals surface area contributed by atoms with Gasteiger partial charge in [-0.1, -0.05) is 13.0 Å². The zero-order valence-corrected chi connectivity index (χ0v) is 14.5. The van der Waals surface area contributed by atoms with Crippen LogP contribution in [0.25, 0.3) is 0 Å². The van der Waals surface area contributed by atoms with Crippen LogP contribution in [0.3, 0.4) is 0 Å². The maximum Gasteiger partial charge on any atom is 0.191 e. The van der Waals surface area contributed by atoms with Gasteiger partial charge in [0.1, 0.15) is 0 Å². The molecule has 0 atom stereocenters. The normalized spacial score (nSPS) is 14.5. The van der Waals surface area contributed by atoms with Crippen LogP contribution in [0.15, 0.2) is 23.2 Å². The van der Waals surface area contributed by atoms with Crippen LogP contribution in [-0.4, -0.2) is 32.8 Å². The Hall–Kier alpha value is -1.91. The Labute approximate surface area is 139 Å². The number of hydrogen-bond donors (Lipinski definition) is 2. The highest BCUT2D eigenvalue weighted by Crippen LogP contribution is 2.29. The molecule has 1 aliphatic rings. The van der Waals surface area contributed by atoms with E-state index in [9.17, 15) is 0 Å². The molecule has 1 aromatic rings. The average molecular weight is 319 g/mol. The van der Waals surface area contributed by atoms with Crippen LogP contribution in [0.2, 0.25) is 0 Å². The molecular weight excluding hydrogens is 290 g/mol. The molecule has 23 heavy (non-hydrogen) atoms. The van der Waals surface area contributed by atoms with E-state index >= 15 is 0 Å². The summed E-state index contributed by atoms with van der Waals surface area (Å²) in [5.41, 5.74) is 1.11. The van der Waals surface area contributed by atoms with Gasteiger partial charge in [0, 0.05) is 13.1 Å². The van der Waals surface area contributed by atoms with Gasteiger partial charge < -0.3 is 20.1 Å². The minimum absolute atomic E-state index is 0.615. The summed E-state index contributed by atoms with van der Waals surface area (Å²) in [7, 11) is 1.67. The minimum atomic E-state index is 0.615. The molecule has 1 saturated carbocycles. The highest BCUT2D eigenvalue weighted by molar-refractivity contribution is 5.79. The first kappa shape index (κ1) is 17.4. The third kappa shape index (κ3) is 6.00. The van der Waals surface area contributed by atoms with Gasteiger partial charge in [-0.25, -0.2) is 4.99 Å². The van der Waals surface area contributed by atoms with Gasteiger partial charge in [-0.15, -0.1) is 0 Å². The average Bonchev–Trinajstić information content (AvgIpc) is 3.40. The molecule has 0 amide bonds. The van der Waals surface area contributed by atoms with E-state index in [4.69, 9.17) is 9.47 Å². The molecule has 1 fully saturated rings. The first-order chi connectivity index (χ1) is 11.3. The van der Waals surface area contributed by atoms with E-state index in [0.29, 0.717) is 13.2 Å². The molecule has 128 valence electrons. The summed E-state index contributed by atoms with van der Waals surface area (Å²) < 4.78 is 11.1. The van der Waals surface area contributed by atoms with Crippen molar-refractivity contribution in [2.45, 2.75) is 39.7 Å². The summed E-state index contributed by atoms with van der Waals surface area (Å²) in [6.45, 7) is 7.36. The first-order valence-electron chi connectivity index (χ1n) is 8.58. The van der Waals surface area contributed by atoms with Crippen LogP contribution in [-0.2, 0) is 6.54 Å². The van der Waals surface area contributed by atoms with Gasteiger partial charge in [0.2, 0.25) is 0 Å². The van der Waals surface area contributed by atoms with Crippen LogP contribution in [0.4, 0.5) is 0 Å². The smallest absolute Gasteiger partial charge is 0.191 e. The molecule has 0 aliphatic heterocycles. The van der Waals surface area contributed by atoms with Gasteiger partial charge in [0.25, 0.3) is 0 Å². The van der Waals surface area contributed by atoms with Gasteiger partial charge in [-0.2, -0.15) is 0 Å². The van der Waals surface area contributed by atoms with Gasteiger partial charge in [-0.3, -0.25) is 0 Å². The summed E-state index contributed by atoms with van der Waals surface area (Å²) in [4.78, 5) is 4.65. The Morgan fingerprint density at radius 2 is 2.04 bits per heavy atom. The van der Waals surface area contributed by atoms with Gasteiger partial charge in [0.15, 0.2) is 17.5 Å². The molecule has 0 bridgehead atoms. The standard InChI is InChI=1S/C18H29N3O2/c1-4-10-23-16-9-8-15(11-17(16)22-3)13-21-18(19-5-2)20-12-14-6-7-14/h8-9,11,14H,4-7,10,12-13H2,1-3H3,(H2,19,20,21). The van der Waals surface area contributed by atoms with Crippen LogP contribution in [0.5, 0.6) is 11.5 Å². The zero-order valence-electron chi connectivity index (χ0n) is 14.5. The second-order valence-electron chi connectivity index (χ2n) is 5.85. The van der Waals surface area contributed by atoms with E-state index in [1.54, 1.807) is 7.11 Å². The molecule has 0 aromatic heterocycles. The lowest BCUT2D eigenvalue weighted by Gasteiger charge is -2.12. The fourth-order valence-electron chi connectivity index (χ4n) is 2.22. The zero-order chi connectivity index (χ0) is 16.5. The topological polar surface area (TPSA) is 54.9 Å². The maximum absolute atomic E-state index is 5.68. The van der Waals surface area contributed by atoms with Gasteiger partial charge >= 0.3 is 0 Å². The van der Waals surface area contributed by atoms with E-state index in [2.05, 4.69) is 29.5 Å². The molecular formula is C18H29N3O2. The van der Waals surface area contributed by atoms with Crippen molar-refractivity contribution in [2.24, 2.45) is 10.9 Å². The first-order valence-corrected chi connectivity index (χ1v) is 8.58. The van der Waals surface area contributed by atoms with Crippen molar-refractivity contribution in [3.63, 3.8) is 0 Å². The number of nitrogens with one attached hydrogen (secondary N) is 2. The maximum atomic E-state index is 5.68. The molecule has 5 heteroatoms. The number of aliphatic imine (C=N–C) groups is 1. The molecule has 0 radical (unpaired) electrons. The number of ether oxygens (including phenoxy) is 2. The predicted molar refractivity (Wildman–Crippen MR) is 94.3 cm³/mol. The number of guanidine groups is 1. The predicted octanol–water partition coefficient (Wildman–Crippen LogP) is 2.95. The third-order valence-electron chi connectivity index (χ3n) is 3.71. The monoisotopic (exact) mass is 319 g/mol. The molecule has 2 rings (SSSR count). The van der Waals surface area contributed by atoms with Crippen molar-refractivity contribution in [1.82, 2.24) is 10.6 Å². The molecule has 0 unspecified atom stereocenters. The van der Waals surface area contributed by atoms with Crippen molar-refractivity contribution in [2.75, 3.05) is 26.8 Å². The van der Waals surface area contributed by atoms with E-state index in [-0.39, 0.29) is 0 Å². The highest BCUT2D eigenvalue weighted by atomic mass is 16.5. The number of rotatable bonds is 9. The van der Waals surface area contributed by atoms with Crippen LogP contribution in [0.1, 0.15) is 38.7 Å². The van der Waals surface area contributed by atoms with Crippen molar-refractivity contribution in [1.29, 1.82) is 0 Å². The van der Waals surface area contributed by atoms with E-state index in [1.807, 2.05) is 18.2 Å². The molecule has 1 aliphatic carbocycles.